The van der Waals surface area contributed by atoms with E-state index in [0.29, 0.717) is 11.5 Å². The lowest BCUT2D eigenvalue weighted by molar-refractivity contribution is 0.0963. The lowest BCUT2D eigenvalue weighted by Crippen LogP contribution is -2.33. The third kappa shape index (κ3) is 6.64. The Morgan fingerprint density at radius 2 is 1.62 bits per heavy atom. The van der Waals surface area contributed by atoms with Crippen LogP contribution < -0.4 is 0 Å². The van der Waals surface area contributed by atoms with Crippen molar-refractivity contribution in [3.05, 3.63) is 64.2 Å². The number of phenols is 1. The van der Waals surface area contributed by atoms with Crippen molar-refractivity contribution in [1.82, 2.24) is 4.90 Å². The quantitative estimate of drug-likeness (QED) is 0.336. The summed E-state index contributed by atoms with van der Waals surface area (Å²) in [4.78, 5) is 15.9. The predicted molar refractivity (Wildman–Crippen MR) is 156 cm³/mol. The third-order valence-electron chi connectivity index (χ3n) is 7.54. The van der Waals surface area contributed by atoms with Crippen molar-refractivity contribution in [3.63, 3.8) is 0 Å². The topological polar surface area (TPSA) is 73.1 Å². The van der Waals surface area contributed by atoms with E-state index in [-0.39, 0.29) is 41.4 Å². The number of phenolic OH excluding ortho intramolecular Hbond substituents is 1. The summed E-state index contributed by atoms with van der Waals surface area (Å²) in [5.41, 5.74) is 3.68. The maximum Gasteiger partial charge on any atom is 0.182 e. The molecule has 3 rings (SSSR count). The maximum atomic E-state index is 13.7. The summed E-state index contributed by atoms with van der Waals surface area (Å²) in [5, 5.41) is 20.9. The zero-order valence-corrected chi connectivity index (χ0v) is 25.0. The van der Waals surface area contributed by atoms with Crippen molar-refractivity contribution < 1.29 is 15.0 Å². The normalized spacial score (nSPS) is 19.6. The first-order valence-electron chi connectivity index (χ1n) is 13.3. The van der Waals surface area contributed by atoms with Crippen LogP contribution in [0, 0.1) is 11.8 Å². The van der Waals surface area contributed by atoms with Crippen LogP contribution in [0.3, 0.4) is 0 Å². The van der Waals surface area contributed by atoms with Gasteiger partial charge in [-0.1, -0.05) is 79.2 Å². The van der Waals surface area contributed by atoms with Gasteiger partial charge in [0.25, 0.3) is 0 Å². The number of hydrogen-bond donors (Lipinski definition) is 2. The molecule has 0 spiro atoms. The molecule has 0 amide bonds. The van der Waals surface area contributed by atoms with Gasteiger partial charge in [-0.3, -0.25) is 4.79 Å². The van der Waals surface area contributed by atoms with Gasteiger partial charge in [-0.05, 0) is 52.8 Å². The van der Waals surface area contributed by atoms with E-state index >= 15 is 0 Å². The van der Waals surface area contributed by atoms with E-state index in [0.717, 1.165) is 53.9 Å². The Labute approximate surface area is 231 Å². The minimum absolute atomic E-state index is 0.0113. The fraction of sp³-hybridized carbons (Fsp3) is 0.548. The van der Waals surface area contributed by atoms with Crippen LogP contribution in [-0.4, -0.2) is 39.8 Å². The average Bonchev–Trinajstić information content (AvgIpc) is 3.13. The number of benzene rings is 2. The number of likely N-dealkylation sites (tertiary alicyclic amines) is 1. The minimum Gasteiger partial charge on any atom is -0.507 e. The zero-order valence-electron chi connectivity index (χ0n) is 23.4. The highest BCUT2D eigenvalue weighted by Gasteiger charge is 2.39. The van der Waals surface area contributed by atoms with Crippen molar-refractivity contribution >= 4 is 27.8 Å². The standard InChI is InChI=1S/C31H43BrN2O3/c1-8-11-21-17-34(29(33-32)24(21)14-20-12-9-10-13-22(20)19-35)18-27(36)23-15-25(30(2,3)4)28(37)26(16-23)31(5,6)7/h9-10,12-13,15-16,21,24,35,37H,8,11,14,17-19H2,1-7H3/b33-29-/t21-,24+/m0/s1. The van der Waals surface area contributed by atoms with E-state index in [1.807, 2.05) is 30.3 Å². The molecule has 1 saturated heterocycles. The number of halogens is 1. The fourth-order valence-corrected chi connectivity index (χ4v) is 5.97. The van der Waals surface area contributed by atoms with Crippen LogP contribution in [0.1, 0.15) is 93.9 Å². The Morgan fingerprint density at radius 1 is 1.05 bits per heavy atom. The molecule has 2 aromatic rings. The van der Waals surface area contributed by atoms with Gasteiger partial charge >= 0.3 is 0 Å². The molecule has 1 heterocycles. The number of ketones is 1. The number of rotatable bonds is 8. The van der Waals surface area contributed by atoms with Gasteiger partial charge in [-0.2, -0.15) is 4.02 Å². The molecule has 202 valence electrons. The van der Waals surface area contributed by atoms with E-state index in [9.17, 15) is 15.0 Å². The van der Waals surface area contributed by atoms with Gasteiger partial charge in [0.05, 0.1) is 29.3 Å². The number of amidine groups is 1. The number of aromatic hydroxyl groups is 1. The predicted octanol–water partition coefficient (Wildman–Crippen LogP) is 6.96. The molecule has 2 N–H and O–H groups in total. The average molecular weight is 572 g/mol. The zero-order chi connectivity index (χ0) is 27.5. The number of aliphatic hydroxyl groups excluding tert-OH is 1. The number of aliphatic hydroxyl groups is 1. The van der Waals surface area contributed by atoms with Crippen LogP contribution in [0.5, 0.6) is 5.75 Å². The summed E-state index contributed by atoms with van der Waals surface area (Å²) >= 11 is 3.37. The van der Waals surface area contributed by atoms with Gasteiger partial charge in [0.2, 0.25) is 0 Å². The van der Waals surface area contributed by atoms with Crippen molar-refractivity contribution in [1.29, 1.82) is 0 Å². The molecular formula is C31H43BrN2O3. The van der Waals surface area contributed by atoms with Crippen molar-refractivity contribution in [2.24, 2.45) is 15.9 Å². The second-order valence-electron chi connectivity index (χ2n) is 12.5. The van der Waals surface area contributed by atoms with Gasteiger partial charge < -0.3 is 15.1 Å². The van der Waals surface area contributed by atoms with E-state index < -0.39 is 0 Å². The molecule has 0 bridgehead atoms. The number of hydrogen-bond acceptors (Lipinski definition) is 4. The van der Waals surface area contributed by atoms with Crippen LogP contribution >= 0.6 is 16.1 Å². The molecule has 0 aromatic heterocycles. The molecule has 1 aliphatic rings. The van der Waals surface area contributed by atoms with Crippen LogP contribution in [-0.2, 0) is 23.9 Å². The Balaban J connectivity index is 1.94. The molecule has 2 aromatic carbocycles. The molecule has 1 aliphatic heterocycles. The summed E-state index contributed by atoms with van der Waals surface area (Å²) in [7, 11) is 0. The molecule has 5 nitrogen and oxygen atoms in total. The van der Waals surface area contributed by atoms with Gasteiger partial charge in [0.1, 0.15) is 11.6 Å². The highest BCUT2D eigenvalue weighted by Crippen LogP contribution is 2.40. The molecule has 6 heteroatoms. The summed E-state index contributed by atoms with van der Waals surface area (Å²) in [6, 6.07) is 11.7. The number of nitrogens with zero attached hydrogens (tertiary/aromatic N) is 2. The van der Waals surface area contributed by atoms with Crippen molar-refractivity contribution in [3.8, 4) is 5.75 Å². The number of carbonyl (C=O) groups is 1. The van der Waals surface area contributed by atoms with E-state index in [1.165, 1.54) is 0 Å². The van der Waals surface area contributed by atoms with Gasteiger partial charge in [0.15, 0.2) is 5.78 Å². The first-order valence-corrected chi connectivity index (χ1v) is 14.0. The largest absolute Gasteiger partial charge is 0.507 e. The van der Waals surface area contributed by atoms with E-state index in [2.05, 4.69) is 79.6 Å². The molecule has 0 unspecified atom stereocenters. The summed E-state index contributed by atoms with van der Waals surface area (Å²) in [6.07, 6.45) is 2.88. The first kappa shape index (κ1) is 29.4. The second-order valence-corrected chi connectivity index (χ2v) is 12.8. The van der Waals surface area contributed by atoms with Crippen molar-refractivity contribution in [2.45, 2.75) is 85.2 Å². The Morgan fingerprint density at radius 3 is 2.11 bits per heavy atom. The van der Waals surface area contributed by atoms with E-state index in [1.54, 1.807) is 0 Å². The minimum atomic E-state index is -0.298. The Kier molecular flexibility index (Phi) is 9.28. The van der Waals surface area contributed by atoms with Crippen LogP contribution in [0.4, 0.5) is 0 Å². The molecule has 0 radical (unpaired) electrons. The fourth-order valence-electron chi connectivity index (χ4n) is 5.48. The van der Waals surface area contributed by atoms with Crippen LogP contribution in [0.25, 0.3) is 0 Å². The molecule has 0 saturated carbocycles. The second kappa shape index (κ2) is 11.7. The van der Waals surface area contributed by atoms with Crippen molar-refractivity contribution in [2.75, 3.05) is 13.1 Å². The molecule has 37 heavy (non-hydrogen) atoms. The SMILES string of the molecule is CCC[C@H]1CN(CC(=O)c2cc(C(C)(C)C)c(O)c(C(C)(C)C)c2)/C(=N\Br)[C@@H]1Cc1ccccc1CO. The lowest BCUT2D eigenvalue weighted by Gasteiger charge is -2.28. The smallest absolute Gasteiger partial charge is 0.182 e. The molecule has 0 aliphatic carbocycles. The molecule has 2 atom stereocenters. The first-order chi connectivity index (χ1) is 17.3. The highest BCUT2D eigenvalue weighted by atomic mass is 79.9. The van der Waals surface area contributed by atoms with Crippen LogP contribution in [0.2, 0.25) is 0 Å². The summed E-state index contributed by atoms with van der Waals surface area (Å²) in [5.74, 6) is 1.73. The monoisotopic (exact) mass is 570 g/mol. The van der Waals surface area contributed by atoms with Crippen LogP contribution in [0.15, 0.2) is 40.4 Å². The molecular weight excluding hydrogens is 528 g/mol. The van der Waals surface area contributed by atoms with Gasteiger partial charge in [-0.25, -0.2) is 0 Å². The number of Topliss-reactive ketones (excluding diaryl/α,β-unsaturated/α-hetero) is 1. The highest BCUT2D eigenvalue weighted by molar-refractivity contribution is 9.08. The van der Waals surface area contributed by atoms with Gasteiger partial charge in [-0.15, -0.1) is 0 Å². The lowest BCUT2D eigenvalue weighted by atomic mass is 9.78. The third-order valence-corrected chi connectivity index (χ3v) is 7.90. The Hall–Kier alpha value is -2.18. The summed E-state index contributed by atoms with van der Waals surface area (Å²) < 4.78 is 4.51. The summed E-state index contributed by atoms with van der Waals surface area (Å²) in [6.45, 7) is 15.6. The Bertz CT molecular complexity index is 1110. The molecule has 1 fully saturated rings. The van der Waals surface area contributed by atoms with E-state index in [4.69, 9.17) is 0 Å². The maximum absolute atomic E-state index is 13.7. The number of carbonyl (C=O) groups excluding carboxylic acids is 1. The van der Waals surface area contributed by atoms with Gasteiger partial charge in [0, 0.05) is 29.2 Å².